The van der Waals surface area contributed by atoms with Gasteiger partial charge in [-0.15, -0.1) is 0 Å². The van der Waals surface area contributed by atoms with Crippen molar-refractivity contribution in [1.82, 2.24) is 25.0 Å². The molecule has 3 heterocycles. The Hall–Kier alpha value is -2.25. The zero-order valence-electron chi connectivity index (χ0n) is 16.6. The van der Waals surface area contributed by atoms with Gasteiger partial charge in [-0.25, -0.2) is 0 Å². The summed E-state index contributed by atoms with van der Waals surface area (Å²) in [6, 6.07) is 4.39. The third kappa shape index (κ3) is 4.73. The first kappa shape index (κ1) is 19.5. The fourth-order valence-electron chi connectivity index (χ4n) is 3.58. The second-order valence-corrected chi connectivity index (χ2v) is 7.32. The van der Waals surface area contributed by atoms with Gasteiger partial charge in [0.2, 0.25) is 0 Å². The van der Waals surface area contributed by atoms with Crippen LogP contribution in [0.4, 0.5) is 0 Å². The lowest BCUT2D eigenvalue weighted by Crippen LogP contribution is -2.45. The molecule has 0 saturated carbocycles. The van der Waals surface area contributed by atoms with Gasteiger partial charge in [-0.2, -0.15) is 5.10 Å². The van der Waals surface area contributed by atoms with Crippen LogP contribution in [0.2, 0.25) is 0 Å². The monoisotopic (exact) mass is 371 g/mol. The molecular formula is C20H29N5O2. The number of carbonyl (C=O) groups is 1. The molecule has 1 saturated heterocycles. The summed E-state index contributed by atoms with van der Waals surface area (Å²) in [5.74, 6) is -0.252. The first-order valence-electron chi connectivity index (χ1n) is 9.52. The number of hydrogen-bond donors (Lipinski definition) is 1. The minimum absolute atomic E-state index is 0.116. The van der Waals surface area contributed by atoms with Crippen LogP contribution in [0.1, 0.15) is 42.4 Å². The molecule has 1 unspecified atom stereocenters. The van der Waals surface area contributed by atoms with Crippen molar-refractivity contribution in [1.29, 1.82) is 0 Å². The Kier molecular flexibility index (Phi) is 6.23. The molecule has 27 heavy (non-hydrogen) atoms. The molecule has 7 heteroatoms. The number of piperazine rings is 1. The van der Waals surface area contributed by atoms with Crippen LogP contribution in [-0.4, -0.2) is 51.4 Å². The maximum atomic E-state index is 12.0. The van der Waals surface area contributed by atoms with Crippen molar-refractivity contribution in [3.8, 4) is 0 Å². The van der Waals surface area contributed by atoms with Crippen molar-refractivity contribution >= 4 is 5.97 Å². The molecular weight excluding hydrogens is 342 g/mol. The zero-order valence-corrected chi connectivity index (χ0v) is 16.6. The SMILES string of the molecule is Cc1nn(CC(=O)OC(C)C)c(C)c1CN1CCNCC1c1cccnc1. The van der Waals surface area contributed by atoms with Gasteiger partial charge in [0, 0.05) is 55.9 Å². The van der Waals surface area contributed by atoms with Gasteiger partial charge in [0.1, 0.15) is 6.54 Å². The summed E-state index contributed by atoms with van der Waals surface area (Å²) in [6.45, 7) is 11.5. The third-order valence-corrected chi connectivity index (χ3v) is 4.96. The van der Waals surface area contributed by atoms with E-state index in [1.807, 2.05) is 40.0 Å². The predicted molar refractivity (Wildman–Crippen MR) is 103 cm³/mol. The van der Waals surface area contributed by atoms with Crippen molar-refractivity contribution in [2.24, 2.45) is 0 Å². The van der Waals surface area contributed by atoms with Crippen molar-refractivity contribution in [2.45, 2.75) is 52.9 Å². The van der Waals surface area contributed by atoms with E-state index in [0.717, 1.165) is 37.6 Å². The molecule has 1 fully saturated rings. The Morgan fingerprint density at radius 2 is 2.22 bits per heavy atom. The van der Waals surface area contributed by atoms with Gasteiger partial charge in [-0.1, -0.05) is 6.07 Å². The molecule has 0 amide bonds. The van der Waals surface area contributed by atoms with Gasteiger partial charge in [-0.3, -0.25) is 19.4 Å². The van der Waals surface area contributed by atoms with Gasteiger partial charge < -0.3 is 10.1 Å². The van der Waals surface area contributed by atoms with Crippen LogP contribution >= 0.6 is 0 Å². The highest BCUT2D eigenvalue weighted by Crippen LogP contribution is 2.25. The topological polar surface area (TPSA) is 72.3 Å². The van der Waals surface area contributed by atoms with Crippen LogP contribution in [0.3, 0.4) is 0 Å². The van der Waals surface area contributed by atoms with E-state index in [-0.39, 0.29) is 24.7 Å². The van der Waals surface area contributed by atoms with Crippen molar-refractivity contribution in [3.63, 3.8) is 0 Å². The van der Waals surface area contributed by atoms with Gasteiger partial charge in [0.05, 0.1) is 11.8 Å². The number of rotatable bonds is 6. The van der Waals surface area contributed by atoms with Gasteiger partial charge in [0.15, 0.2) is 0 Å². The van der Waals surface area contributed by atoms with Gasteiger partial charge >= 0.3 is 5.97 Å². The van der Waals surface area contributed by atoms with Crippen LogP contribution in [0.15, 0.2) is 24.5 Å². The second-order valence-electron chi connectivity index (χ2n) is 7.32. The maximum absolute atomic E-state index is 12.0. The first-order chi connectivity index (χ1) is 13.0. The van der Waals surface area contributed by atoms with Crippen LogP contribution in [0.25, 0.3) is 0 Å². The highest BCUT2D eigenvalue weighted by molar-refractivity contribution is 5.69. The predicted octanol–water partition coefficient (Wildman–Crippen LogP) is 1.99. The molecule has 1 aliphatic heterocycles. The molecule has 3 rings (SSSR count). The number of nitrogens with zero attached hydrogens (tertiary/aromatic N) is 4. The molecule has 1 aliphatic rings. The van der Waals surface area contributed by atoms with Crippen LogP contribution in [0.5, 0.6) is 0 Å². The first-order valence-corrected chi connectivity index (χ1v) is 9.52. The molecule has 0 aromatic carbocycles. The molecule has 0 aliphatic carbocycles. The zero-order chi connectivity index (χ0) is 19.4. The summed E-state index contributed by atoms with van der Waals surface area (Å²) in [5, 5.41) is 8.06. The third-order valence-electron chi connectivity index (χ3n) is 4.96. The molecule has 2 aromatic heterocycles. The van der Waals surface area contributed by atoms with E-state index in [9.17, 15) is 4.79 Å². The number of hydrogen-bond acceptors (Lipinski definition) is 6. The number of ether oxygens (including phenoxy) is 1. The number of carbonyl (C=O) groups excluding carboxylic acids is 1. The van der Waals surface area contributed by atoms with Crippen molar-refractivity contribution < 1.29 is 9.53 Å². The number of aryl methyl sites for hydroxylation is 1. The van der Waals surface area contributed by atoms with E-state index >= 15 is 0 Å². The Balaban J connectivity index is 1.77. The summed E-state index contributed by atoms with van der Waals surface area (Å²) >= 11 is 0. The van der Waals surface area contributed by atoms with E-state index in [1.165, 1.54) is 11.1 Å². The van der Waals surface area contributed by atoms with Crippen molar-refractivity contribution in [3.05, 3.63) is 47.0 Å². The van der Waals surface area contributed by atoms with Crippen molar-refractivity contribution in [2.75, 3.05) is 19.6 Å². The van der Waals surface area contributed by atoms with E-state index in [1.54, 1.807) is 10.9 Å². The minimum Gasteiger partial charge on any atom is -0.462 e. The Labute approximate surface area is 160 Å². The summed E-state index contributed by atoms with van der Waals surface area (Å²) in [4.78, 5) is 18.7. The van der Waals surface area contributed by atoms with Crippen LogP contribution in [-0.2, 0) is 22.6 Å². The average molecular weight is 371 g/mol. The number of esters is 1. The smallest absolute Gasteiger partial charge is 0.328 e. The van der Waals surface area contributed by atoms with Crippen LogP contribution < -0.4 is 5.32 Å². The van der Waals surface area contributed by atoms with E-state index in [2.05, 4.69) is 26.4 Å². The maximum Gasteiger partial charge on any atom is 0.328 e. The standard InChI is InChI=1S/C20H29N5O2/c1-14(2)27-20(26)13-25-16(4)18(15(3)23-25)12-24-9-8-22-11-19(24)17-6-5-7-21-10-17/h5-7,10,14,19,22H,8-9,11-13H2,1-4H3. The van der Waals surface area contributed by atoms with E-state index in [0.29, 0.717) is 0 Å². The number of pyridine rings is 1. The Morgan fingerprint density at radius 3 is 2.93 bits per heavy atom. The quantitative estimate of drug-likeness (QED) is 0.783. The molecule has 1 atom stereocenters. The Morgan fingerprint density at radius 1 is 1.41 bits per heavy atom. The fourth-order valence-corrected chi connectivity index (χ4v) is 3.58. The molecule has 0 spiro atoms. The lowest BCUT2D eigenvalue weighted by Gasteiger charge is -2.36. The molecule has 7 nitrogen and oxygen atoms in total. The normalized spacial score (nSPS) is 18.0. The van der Waals surface area contributed by atoms with Gasteiger partial charge in [-0.05, 0) is 39.3 Å². The van der Waals surface area contributed by atoms with Gasteiger partial charge in [0.25, 0.3) is 0 Å². The number of nitrogens with one attached hydrogen (secondary N) is 1. The Bertz CT molecular complexity index is 772. The highest BCUT2D eigenvalue weighted by atomic mass is 16.5. The summed E-state index contributed by atoms with van der Waals surface area (Å²) in [6.07, 6.45) is 3.63. The summed E-state index contributed by atoms with van der Waals surface area (Å²) < 4.78 is 7.02. The summed E-state index contributed by atoms with van der Waals surface area (Å²) in [5.41, 5.74) is 4.39. The molecule has 0 bridgehead atoms. The molecule has 146 valence electrons. The van der Waals surface area contributed by atoms with E-state index in [4.69, 9.17) is 4.74 Å². The minimum atomic E-state index is -0.252. The number of aromatic nitrogens is 3. The summed E-state index contributed by atoms with van der Waals surface area (Å²) in [7, 11) is 0. The average Bonchev–Trinajstić information content (AvgIpc) is 2.89. The lowest BCUT2D eigenvalue weighted by molar-refractivity contribution is -0.148. The van der Waals surface area contributed by atoms with Crippen LogP contribution in [0, 0.1) is 13.8 Å². The largest absolute Gasteiger partial charge is 0.462 e. The second kappa shape index (κ2) is 8.63. The molecule has 1 N–H and O–H groups in total. The lowest BCUT2D eigenvalue weighted by atomic mass is 10.0. The van der Waals surface area contributed by atoms with E-state index < -0.39 is 0 Å². The molecule has 2 aromatic rings. The highest BCUT2D eigenvalue weighted by Gasteiger charge is 2.26. The fraction of sp³-hybridized carbons (Fsp3) is 0.550. The molecule has 0 radical (unpaired) electrons.